The van der Waals surface area contributed by atoms with Gasteiger partial charge in [0, 0.05) is 17.3 Å². The van der Waals surface area contributed by atoms with Crippen LogP contribution in [0.3, 0.4) is 0 Å². The molecule has 9 aliphatic rings. The first kappa shape index (κ1) is 53.5. The number of hydrogen-bond acceptors (Lipinski definition) is 18. The first-order valence-electron chi connectivity index (χ1n) is 26.4. The molecular formula is C54H78O19. The third kappa shape index (κ3) is 8.36. The molecule has 3 heterocycles. The van der Waals surface area contributed by atoms with Gasteiger partial charge in [0.25, 0.3) is 0 Å². The molecule has 0 amide bonds. The number of carboxylic acid groups (broad SMARTS) is 1. The largest absolute Gasteiger partial charge is 0.497 e. The summed E-state index contributed by atoms with van der Waals surface area (Å²) in [5.41, 5.74) is -0.728. The van der Waals surface area contributed by atoms with Gasteiger partial charge in [0.1, 0.15) is 72.9 Å². The summed E-state index contributed by atoms with van der Waals surface area (Å²) < 4.78 is 47.5. The third-order valence-electron chi connectivity index (χ3n) is 20.6. The number of aliphatic carboxylic acids is 1. The Morgan fingerprint density at radius 2 is 1.40 bits per heavy atom. The zero-order valence-corrected chi connectivity index (χ0v) is 42.9. The van der Waals surface area contributed by atoms with Crippen molar-refractivity contribution in [1.29, 1.82) is 0 Å². The molecule has 8 fully saturated rings. The van der Waals surface area contributed by atoms with Crippen molar-refractivity contribution in [1.82, 2.24) is 0 Å². The summed E-state index contributed by atoms with van der Waals surface area (Å²) in [5, 5.41) is 96.8. The predicted octanol–water partition coefficient (Wildman–Crippen LogP) is 2.44. The summed E-state index contributed by atoms with van der Waals surface area (Å²) in [7, 11) is 1.56. The van der Waals surface area contributed by atoms with E-state index in [4.69, 9.17) is 37.9 Å². The Hall–Kier alpha value is -2.86. The molecule has 1 aromatic rings. The number of benzene rings is 1. The van der Waals surface area contributed by atoms with Gasteiger partial charge in [-0.15, -0.1) is 0 Å². The van der Waals surface area contributed by atoms with E-state index in [2.05, 4.69) is 47.6 Å². The summed E-state index contributed by atoms with van der Waals surface area (Å²) in [5.74, 6) is -0.243. The van der Waals surface area contributed by atoms with Crippen LogP contribution in [-0.4, -0.2) is 177 Å². The van der Waals surface area contributed by atoms with Crippen molar-refractivity contribution in [3.05, 3.63) is 41.5 Å². The van der Waals surface area contributed by atoms with Gasteiger partial charge in [-0.1, -0.05) is 53.2 Å². The molecule has 1 aromatic carbocycles. The van der Waals surface area contributed by atoms with Crippen molar-refractivity contribution in [2.45, 2.75) is 191 Å². The molecule has 1 unspecified atom stereocenters. The van der Waals surface area contributed by atoms with Crippen molar-refractivity contribution < 1.29 is 93.4 Å². The number of methoxy groups -OCH3 is 1. The average Bonchev–Trinajstić information content (AvgIpc) is 4.08. The standard InChI is InChI=1S/C54H78O19/c1-49(2)20-29-28-12-13-34-51(5)16-15-35(72-47-43(40(60)38(58)31(22-55)69-47)73-46-42(62)39(59)32(24-68-46)70-45-41(61)37(57)30(56)23-67-45)50(3,4)33(51)14-17-52(34,6)54(28)19-26(54)18-53(29,48(64)65)21-36(49)71-44(63)25-8-10-27(66-7)11-9-25/h8-12,26,29-43,45-47,55-62H,13-24H2,1-7H3,(H,64,65)/t26?,29-,30+,31+,32+,33-,34+,35-,36-,37-,38+,39-,40-,41+,42+,43+,45-,46-,47-,51-,52+,53+,54+/m0/s1. The van der Waals surface area contributed by atoms with Crippen molar-refractivity contribution in [2.75, 3.05) is 26.9 Å². The molecule has 0 bridgehead atoms. The second-order valence-corrected chi connectivity index (χ2v) is 25.0. The van der Waals surface area contributed by atoms with Gasteiger partial charge in [0.05, 0.1) is 44.0 Å². The Morgan fingerprint density at radius 3 is 2.08 bits per heavy atom. The summed E-state index contributed by atoms with van der Waals surface area (Å²) in [6, 6.07) is 6.76. The van der Waals surface area contributed by atoms with Gasteiger partial charge in [0.2, 0.25) is 0 Å². The fraction of sp³-hybridized carbons (Fsp3) is 0.815. The molecule has 5 saturated carbocycles. The van der Waals surface area contributed by atoms with Crippen molar-refractivity contribution in [2.24, 2.45) is 56.2 Å². The van der Waals surface area contributed by atoms with Crippen LogP contribution in [-0.2, 0) is 38.0 Å². The average molecular weight is 1030 g/mol. The maximum atomic E-state index is 13.8. The van der Waals surface area contributed by atoms with Crippen LogP contribution in [0.25, 0.3) is 0 Å². The lowest BCUT2D eigenvalue weighted by molar-refractivity contribution is -0.377. The fourth-order valence-corrected chi connectivity index (χ4v) is 16.5. The number of carboxylic acids is 1. The highest BCUT2D eigenvalue weighted by Crippen LogP contribution is 2.85. The summed E-state index contributed by atoms with van der Waals surface area (Å²) in [4.78, 5) is 27.4. The number of fused-ring (bicyclic) bond motifs is 5. The van der Waals surface area contributed by atoms with E-state index in [0.29, 0.717) is 30.6 Å². The number of carbonyl (C=O) groups is 2. The van der Waals surface area contributed by atoms with Gasteiger partial charge in [-0.3, -0.25) is 4.79 Å². The van der Waals surface area contributed by atoms with Crippen molar-refractivity contribution >= 4 is 11.9 Å². The quantitative estimate of drug-likeness (QED) is 0.0874. The van der Waals surface area contributed by atoms with Gasteiger partial charge in [-0.2, -0.15) is 0 Å². The van der Waals surface area contributed by atoms with E-state index in [1.54, 1.807) is 31.4 Å². The lowest BCUT2D eigenvalue weighted by atomic mass is 9.36. The van der Waals surface area contributed by atoms with Gasteiger partial charge in [0.15, 0.2) is 18.9 Å². The Kier molecular flexibility index (Phi) is 13.9. The van der Waals surface area contributed by atoms with Gasteiger partial charge < -0.3 is 83.9 Å². The van der Waals surface area contributed by atoms with Crippen LogP contribution < -0.4 is 4.74 Å². The highest BCUT2D eigenvalue weighted by atomic mass is 16.8. The van der Waals surface area contributed by atoms with Crippen LogP contribution in [0.15, 0.2) is 35.9 Å². The molecule has 19 heteroatoms. The Labute approximate surface area is 426 Å². The van der Waals surface area contributed by atoms with E-state index in [-0.39, 0.29) is 59.6 Å². The minimum atomic E-state index is -1.78. The van der Waals surface area contributed by atoms with E-state index in [9.17, 15) is 55.5 Å². The zero-order valence-electron chi connectivity index (χ0n) is 42.9. The minimum absolute atomic E-state index is 0.105. The molecule has 9 N–H and O–H groups in total. The van der Waals surface area contributed by atoms with Crippen LogP contribution in [0.2, 0.25) is 0 Å². The van der Waals surface area contributed by atoms with Gasteiger partial charge >= 0.3 is 11.9 Å². The van der Waals surface area contributed by atoms with Gasteiger partial charge in [-0.25, -0.2) is 4.79 Å². The van der Waals surface area contributed by atoms with Crippen LogP contribution in [0.4, 0.5) is 0 Å². The van der Waals surface area contributed by atoms with E-state index >= 15 is 0 Å². The SMILES string of the molecule is COc1ccc(C(=O)O[C@H]2C[C@]3(C(=O)O)CC4C[C@]45C(=CC[C@@H]4[C@@]6(C)CC[C@H](O[C@@H]7O[C@H](CO)[C@@H](O)[C@H](O)[C@H]7O[C@@H]7OC[C@@H](O[C@@H]8OC[C@@H](O)[C@H](O)[C@H]8O)[C@H](O)[C@H]7O)C(C)(C)[C@@H]6CC[C@]45C)[C@@H]3CC2(C)C)cc1. The molecule has 1 spiro atoms. The van der Waals surface area contributed by atoms with E-state index in [1.807, 2.05) is 0 Å². The summed E-state index contributed by atoms with van der Waals surface area (Å²) >= 11 is 0. The normalized spacial score (nSPS) is 49.6. The molecule has 3 aliphatic heterocycles. The van der Waals surface area contributed by atoms with E-state index < -0.39 is 127 Å². The maximum Gasteiger partial charge on any atom is 0.338 e. The fourth-order valence-electron chi connectivity index (χ4n) is 16.5. The van der Waals surface area contributed by atoms with Crippen LogP contribution in [0, 0.1) is 56.2 Å². The number of ether oxygens (including phenoxy) is 8. The first-order valence-corrected chi connectivity index (χ1v) is 26.4. The molecule has 19 nitrogen and oxygen atoms in total. The van der Waals surface area contributed by atoms with E-state index in [0.717, 1.165) is 32.1 Å². The molecule has 3 saturated heterocycles. The van der Waals surface area contributed by atoms with Crippen LogP contribution in [0.5, 0.6) is 5.75 Å². The topological polar surface area (TPSA) is 290 Å². The lowest BCUT2D eigenvalue weighted by Crippen LogP contribution is -2.66. The Bertz CT molecular complexity index is 2260. The molecular weight excluding hydrogens is 953 g/mol. The summed E-state index contributed by atoms with van der Waals surface area (Å²) in [6.07, 6.45) is -11.9. The van der Waals surface area contributed by atoms with Crippen LogP contribution in [0.1, 0.15) is 110 Å². The Balaban J connectivity index is 0.851. The Morgan fingerprint density at radius 1 is 0.712 bits per heavy atom. The predicted molar refractivity (Wildman–Crippen MR) is 254 cm³/mol. The van der Waals surface area contributed by atoms with Crippen molar-refractivity contribution in [3.8, 4) is 5.75 Å². The number of aliphatic hydroxyl groups is 8. The molecule has 10 rings (SSSR count). The molecule has 73 heavy (non-hydrogen) atoms. The highest BCUT2D eigenvalue weighted by molar-refractivity contribution is 5.89. The molecule has 0 aromatic heterocycles. The zero-order chi connectivity index (χ0) is 52.5. The second-order valence-electron chi connectivity index (χ2n) is 25.0. The first-order chi connectivity index (χ1) is 34.4. The molecule has 6 aliphatic carbocycles. The number of aliphatic hydroxyl groups excluding tert-OH is 8. The highest BCUT2D eigenvalue weighted by Gasteiger charge is 2.79. The molecule has 23 atom stereocenters. The molecule has 0 radical (unpaired) electrons. The number of esters is 1. The lowest BCUT2D eigenvalue weighted by Gasteiger charge is -2.69. The summed E-state index contributed by atoms with van der Waals surface area (Å²) in [6.45, 7) is 12.1. The number of carbonyl (C=O) groups excluding carboxylic acids is 1. The van der Waals surface area contributed by atoms with E-state index in [1.165, 1.54) is 5.57 Å². The second kappa shape index (κ2) is 19.0. The number of hydrogen-bond donors (Lipinski definition) is 9. The minimum Gasteiger partial charge on any atom is -0.497 e. The number of allylic oxidation sites excluding steroid dienone is 2. The third-order valence-corrected chi connectivity index (χ3v) is 20.6. The molecule has 408 valence electrons. The monoisotopic (exact) mass is 1030 g/mol. The smallest absolute Gasteiger partial charge is 0.338 e. The maximum absolute atomic E-state index is 13.8. The van der Waals surface area contributed by atoms with Crippen molar-refractivity contribution in [3.63, 3.8) is 0 Å². The van der Waals surface area contributed by atoms with Gasteiger partial charge in [-0.05, 0) is 116 Å². The number of rotatable bonds is 11. The van der Waals surface area contributed by atoms with Crippen LogP contribution >= 0.6 is 0 Å².